The minimum atomic E-state index is -0.220. The van der Waals surface area contributed by atoms with Crippen LogP contribution in [0.15, 0.2) is 48.5 Å². The summed E-state index contributed by atoms with van der Waals surface area (Å²) in [6, 6.07) is 15.2. The Morgan fingerprint density at radius 2 is 0.935 bits per heavy atom. The first-order chi connectivity index (χ1) is 22.3. The highest BCUT2D eigenvalue weighted by Crippen LogP contribution is 2.25. The summed E-state index contributed by atoms with van der Waals surface area (Å²) in [5.41, 5.74) is 1.39. The summed E-state index contributed by atoms with van der Waals surface area (Å²) >= 11 is 0. The first-order valence-electron chi connectivity index (χ1n) is 17.4. The van der Waals surface area contributed by atoms with Gasteiger partial charge in [0.25, 0.3) is 0 Å². The van der Waals surface area contributed by atoms with E-state index >= 15 is 0 Å². The maximum atomic E-state index is 14.0. The number of ketones is 2. The van der Waals surface area contributed by atoms with Crippen molar-refractivity contribution >= 4 is 11.6 Å². The van der Waals surface area contributed by atoms with Crippen LogP contribution in [-0.2, 0) is 9.47 Å². The fourth-order valence-corrected chi connectivity index (χ4v) is 5.93. The van der Waals surface area contributed by atoms with Crippen molar-refractivity contribution in [2.24, 2.45) is 23.7 Å². The highest BCUT2D eigenvalue weighted by Gasteiger charge is 2.29. The normalized spacial score (nSPS) is 17.6. The van der Waals surface area contributed by atoms with Crippen LogP contribution in [0.25, 0.3) is 0 Å². The van der Waals surface area contributed by atoms with Crippen molar-refractivity contribution in [1.82, 2.24) is 9.80 Å². The van der Waals surface area contributed by atoms with Crippen LogP contribution in [0.3, 0.4) is 0 Å². The van der Waals surface area contributed by atoms with Crippen LogP contribution < -0.4 is 9.47 Å². The number of hydrogen-bond donors (Lipinski definition) is 0. The van der Waals surface area contributed by atoms with Gasteiger partial charge < -0.3 is 18.9 Å². The molecule has 4 rings (SSSR count). The largest absolute Gasteiger partial charge is 0.494 e. The Morgan fingerprint density at radius 3 is 1.26 bits per heavy atom. The molecular weight excluding hydrogens is 580 g/mol. The van der Waals surface area contributed by atoms with Gasteiger partial charge >= 0.3 is 0 Å². The SMILES string of the molecule is CC(C)CCOc1ccc(C(=O)[C@H](CC[C@H](CN2CCOCC2)C(=O)c2ccc(OCCC(C)C)cc2)CN2CCOCC2)cc1. The Kier molecular flexibility index (Phi) is 15.0. The van der Waals surface area contributed by atoms with Crippen LogP contribution in [-0.4, -0.2) is 100 Å². The van der Waals surface area contributed by atoms with Crippen molar-refractivity contribution in [1.29, 1.82) is 0 Å². The van der Waals surface area contributed by atoms with Crippen molar-refractivity contribution in [3.8, 4) is 11.5 Å². The van der Waals surface area contributed by atoms with Gasteiger partial charge in [-0.15, -0.1) is 0 Å². The molecule has 0 aromatic heterocycles. The average Bonchev–Trinajstić information content (AvgIpc) is 3.06. The number of hydrogen-bond acceptors (Lipinski definition) is 8. The lowest BCUT2D eigenvalue weighted by atomic mass is 9.86. The van der Waals surface area contributed by atoms with Gasteiger partial charge in [0, 0.05) is 62.2 Å². The monoisotopic (exact) mass is 636 g/mol. The summed E-state index contributed by atoms with van der Waals surface area (Å²) in [6.45, 7) is 17.3. The van der Waals surface area contributed by atoms with Crippen LogP contribution >= 0.6 is 0 Å². The molecule has 0 spiro atoms. The Morgan fingerprint density at radius 1 is 0.587 bits per heavy atom. The highest BCUT2D eigenvalue weighted by atomic mass is 16.5. The molecule has 2 aliphatic rings. The second-order valence-electron chi connectivity index (χ2n) is 13.6. The van der Waals surface area contributed by atoms with Crippen molar-refractivity contribution in [3.05, 3.63) is 59.7 Å². The molecule has 0 unspecified atom stereocenters. The standard InChI is InChI=1S/C38H56N2O6/c1-29(2)15-21-45-35-11-7-31(8-12-35)37(41)33(27-39-17-23-43-24-18-39)5-6-34(28-40-19-25-44-26-20-40)38(42)32-9-13-36(14-10-32)46-22-16-30(3)4/h7-14,29-30,33-34H,5-6,15-28H2,1-4H3/t33-,34-/m1/s1. The molecule has 46 heavy (non-hydrogen) atoms. The van der Waals surface area contributed by atoms with E-state index in [-0.39, 0.29) is 23.4 Å². The van der Waals surface area contributed by atoms with Gasteiger partial charge in [0.2, 0.25) is 0 Å². The minimum Gasteiger partial charge on any atom is -0.494 e. The highest BCUT2D eigenvalue weighted by molar-refractivity contribution is 5.99. The molecule has 0 bridgehead atoms. The van der Waals surface area contributed by atoms with Crippen molar-refractivity contribution in [2.45, 2.75) is 53.4 Å². The van der Waals surface area contributed by atoms with Crippen LogP contribution in [0.1, 0.15) is 74.1 Å². The number of carbonyl (C=O) groups is 2. The third-order valence-corrected chi connectivity index (χ3v) is 8.98. The Labute approximate surface area is 276 Å². The molecule has 2 heterocycles. The molecule has 2 aromatic rings. The van der Waals surface area contributed by atoms with Gasteiger partial charge in [-0.2, -0.15) is 0 Å². The van der Waals surface area contributed by atoms with E-state index in [0.717, 1.165) is 50.5 Å². The summed E-state index contributed by atoms with van der Waals surface area (Å²) in [5, 5.41) is 0. The average molecular weight is 637 g/mol. The molecular formula is C38H56N2O6. The first kappa shape index (κ1) is 36.1. The Balaban J connectivity index is 1.46. The van der Waals surface area contributed by atoms with E-state index in [0.29, 0.717) is 88.5 Å². The number of Topliss-reactive ketones (excluding diaryl/α,β-unsaturated/α-hetero) is 2. The van der Waals surface area contributed by atoms with E-state index in [9.17, 15) is 9.59 Å². The number of rotatable bonds is 19. The Hall–Kier alpha value is -2.78. The van der Waals surface area contributed by atoms with Crippen LogP contribution in [0, 0.1) is 23.7 Å². The predicted molar refractivity (Wildman–Crippen MR) is 182 cm³/mol. The molecule has 8 nitrogen and oxygen atoms in total. The van der Waals surface area contributed by atoms with Gasteiger partial charge in [0.05, 0.1) is 39.6 Å². The molecule has 8 heteroatoms. The van der Waals surface area contributed by atoms with Crippen LogP contribution in [0.4, 0.5) is 0 Å². The zero-order chi connectivity index (χ0) is 32.7. The number of carbonyl (C=O) groups excluding carboxylic acids is 2. The van der Waals surface area contributed by atoms with Gasteiger partial charge in [-0.05, 0) is 86.1 Å². The van der Waals surface area contributed by atoms with Gasteiger partial charge in [0.1, 0.15) is 11.5 Å². The van der Waals surface area contributed by atoms with Gasteiger partial charge in [-0.1, -0.05) is 27.7 Å². The topological polar surface area (TPSA) is 77.5 Å². The zero-order valence-electron chi connectivity index (χ0n) is 28.6. The first-order valence-corrected chi connectivity index (χ1v) is 17.4. The van der Waals surface area contributed by atoms with Crippen molar-refractivity contribution in [3.63, 3.8) is 0 Å². The fraction of sp³-hybridized carbons (Fsp3) is 0.632. The molecule has 254 valence electrons. The maximum Gasteiger partial charge on any atom is 0.167 e. The molecule has 0 saturated carbocycles. The number of benzene rings is 2. The second kappa shape index (κ2) is 19.1. The molecule has 0 amide bonds. The summed E-state index contributed by atoms with van der Waals surface area (Å²) in [5.74, 6) is 2.54. The van der Waals surface area contributed by atoms with Gasteiger partial charge in [-0.25, -0.2) is 0 Å². The Bertz CT molecular complexity index is 1080. The van der Waals surface area contributed by atoms with E-state index in [1.807, 2.05) is 48.5 Å². The lowest BCUT2D eigenvalue weighted by molar-refractivity contribution is 0.0254. The third-order valence-electron chi connectivity index (χ3n) is 8.98. The summed E-state index contributed by atoms with van der Waals surface area (Å²) in [4.78, 5) is 32.7. The molecule has 0 aliphatic carbocycles. The van der Waals surface area contributed by atoms with E-state index < -0.39 is 0 Å². The quantitative estimate of drug-likeness (QED) is 0.167. The number of morpholine rings is 2. The van der Waals surface area contributed by atoms with Crippen LogP contribution in [0.2, 0.25) is 0 Å². The van der Waals surface area contributed by atoms with Crippen molar-refractivity contribution in [2.75, 3.05) is 78.9 Å². The molecule has 0 radical (unpaired) electrons. The maximum absolute atomic E-state index is 14.0. The molecule has 2 fully saturated rings. The lowest BCUT2D eigenvalue weighted by Gasteiger charge is -2.32. The lowest BCUT2D eigenvalue weighted by Crippen LogP contribution is -2.42. The fourth-order valence-electron chi connectivity index (χ4n) is 5.93. The van der Waals surface area contributed by atoms with E-state index in [2.05, 4.69) is 37.5 Å². The van der Waals surface area contributed by atoms with E-state index in [1.54, 1.807) is 0 Å². The van der Waals surface area contributed by atoms with Crippen LogP contribution in [0.5, 0.6) is 11.5 Å². The number of ether oxygens (including phenoxy) is 4. The number of nitrogens with zero attached hydrogens (tertiary/aromatic N) is 2. The molecule has 0 N–H and O–H groups in total. The van der Waals surface area contributed by atoms with E-state index in [4.69, 9.17) is 18.9 Å². The molecule has 2 saturated heterocycles. The second-order valence-corrected chi connectivity index (χ2v) is 13.6. The summed E-state index contributed by atoms with van der Waals surface area (Å²) in [7, 11) is 0. The smallest absolute Gasteiger partial charge is 0.167 e. The van der Waals surface area contributed by atoms with Gasteiger partial charge in [-0.3, -0.25) is 19.4 Å². The minimum absolute atomic E-state index is 0.126. The van der Waals surface area contributed by atoms with Gasteiger partial charge in [0.15, 0.2) is 11.6 Å². The van der Waals surface area contributed by atoms with E-state index in [1.165, 1.54) is 0 Å². The third kappa shape index (κ3) is 12.1. The predicted octanol–water partition coefficient (Wildman–Crippen LogP) is 6.28. The summed E-state index contributed by atoms with van der Waals surface area (Å²) in [6.07, 6.45) is 3.26. The molecule has 2 aromatic carbocycles. The van der Waals surface area contributed by atoms with Crippen molar-refractivity contribution < 1.29 is 28.5 Å². The summed E-state index contributed by atoms with van der Waals surface area (Å²) < 4.78 is 23.0. The molecule has 2 atom stereocenters. The zero-order valence-corrected chi connectivity index (χ0v) is 28.6. The molecule has 2 aliphatic heterocycles.